The second-order valence-electron chi connectivity index (χ2n) is 10.2. The van der Waals surface area contributed by atoms with Crippen LogP contribution in [0.1, 0.15) is 34.6 Å². The van der Waals surface area contributed by atoms with Crippen LogP contribution in [-0.2, 0) is 22.6 Å². The van der Waals surface area contributed by atoms with Crippen LogP contribution in [0.4, 0.5) is 0 Å². The highest BCUT2D eigenvalue weighted by Gasteiger charge is 2.73. The highest BCUT2D eigenvalue weighted by atomic mass is 16.5. The molecular formula is C33H30O7. The lowest BCUT2D eigenvalue weighted by Crippen LogP contribution is -2.48. The number of benzene rings is 4. The maximum absolute atomic E-state index is 12.7. The molecule has 0 aromatic heterocycles. The molecule has 4 atom stereocenters. The predicted octanol–water partition coefficient (Wildman–Crippen LogP) is 5.65. The van der Waals surface area contributed by atoms with Crippen molar-refractivity contribution < 1.29 is 34.0 Å². The fourth-order valence-electron chi connectivity index (χ4n) is 6.44. The van der Waals surface area contributed by atoms with Gasteiger partial charge in [-0.25, -0.2) is 0 Å². The number of carboxylic acids is 1. The molecule has 7 heteroatoms. The summed E-state index contributed by atoms with van der Waals surface area (Å²) in [6.45, 7) is 0.405. The summed E-state index contributed by atoms with van der Waals surface area (Å²) in [5.74, 6) is -0.725. The Morgan fingerprint density at radius 2 is 1.57 bits per heavy atom. The molecular weight excluding hydrogens is 508 g/mol. The number of methoxy groups -OCH3 is 2. The van der Waals surface area contributed by atoms with Crippen LogP contribution in [0.2, 0.25) is 0 Å². The molecule has 0 amide bonds. The van der Waals surface area contributed by atoms with E-state index in [1.54, 1.807) is 19.2 Å². The molecule has 1 aliphatic heterocycles. The molecule has 1 heterocycles. The number of fused-ring (bicyclic) bond motifs is 3. The molecule has 2 aliphatic rings. The van der Waals surface area contributed by atoms with Gasteiger partial charge < -0.3 is 29.2 Å². The van der Waals surface area contributed by atoms with E-state index >= 15 is 0 Å². The van der Waals surface area contributed by atoms with Gasteiger partial charge in [0.2, 0.25) is 0 Å². The van der Waals surface area contributed by atoms with E-state index in [0.717, 1.165) is 11.1 Å². The lowest BCUT2D eigenvalue weighted by Gasteiger charge is -2.40. The van der Waals surface area contributed by atoms with E-state index in [0.29, 0.717) is 40.7 Å². The molecule has 0 bridgehead atoms. The van der Waals surface area contributed by atoms with Crippen molar-refractivity contribution in [3.63, 3.8) is 0 Å². The normalized spacial score (nSPS) is 24.5. The van der Waals surface area contributed by atoms with E-state index in [9.17, 15) is 15.0 Å². The number of carbonyl (C=O) groups is 1. The molecule has 1 aliphatic carbocycles. The van der Waals surface area contributed by atoms with Crippen molar-refractivity contribution in [2.75, 3.05) is 14.2 Å². The third kappa shape index (κ3) is 3.88. The van der Waals surface area contributed by atoms with Gasteiger partial charge in [0, 0.05) is 18.1 Å². The first kappa shape index (κ1) is 25.8. The Bertz CT molecular complexity index is 1520. The summed E-state index contributed by atoms with van der Waals surface area (Å²) in [7, 11) is 3.05. The first-order valence-corrected chi connectivity index (χ1v) is 13.1. The van der Waals surface area contributed by atoms with E-state index in [2.05, 4.69) is 0 Å². The number of aliphatic carboxylic acids is 1. The summed E-state index contributed by atoms with van der Waals surface area (Å²) in [6, 6.07) is 30.0. The molecule has 40 heavy (non-hydrogen) atoms. The van der Waals surface area contributed by atoms with Crippen LogP contribution >= 0.6 is 0 Å². The molecule has 0 unspecified atom stereocenters. The van der Waals surface area contributed by atoms with Crippen molar-refractivity contribution in [3.8, 4) is 23.0 Å². The van der Waals surface area contributed by atoms with Crippen LogP contribution in [-0.4, -0.2) is 30.4 Å². The number of hydrogen-bond acceptors (Lipinski definition) is 6. The second-order valence-corrected chi connectivity index (χ2v) is 10.2. The first-order valence-electron chi connectivity index (χ1n) is 13.1. The monoisotopic (exact) mass is 538 g/mol. The number of hydrogen-bond donors (Lipinski definition) is 2. The Morgan fingerprint density at radius 1 is 0.900 bits per heavy atom. The number of ether oxygens (including phenoxy) is 4. The third-order valence-corrected chi connectivity index (χ3v) is 8.16. The first-order chi connectivity index (χ1) is 19.4. The molecule has 2 N–H and O–H groups in total. The summed E-state index contributed by atoms with van der Waals surface area (Å²) < 4.78 is 24.0. The van der Waals surface area contributed by atoms with E-state index in [1.807, 2.05) is 84.9 Å². The second kappa shape index (κ2) is 9.92. The summed E-state index contributed by atoms with van der Waals surface area (Å²) >= 11 is 0. The van der Waals surface area contributed by atoms with Crippen LogP contribution in [0, 0.1) is 5.92 Å². The van der Waals surface area contributed by atoms with Crippen molar-refractivity contribution in [3.05, 3.63) is 119 Å². The molecule has 1 fully saturated rings. The molecule has 6 rings (SSSR count). The minimum absolute atomic E-state index is 0.0656. The third-order valence-electron chi connectivity index (χ3n) is 8.16. The van der Waals surface area contributed by atoms with Gasteiger partial charge in [-0.3, -0.25) is 4.79 Å². The van der Waals surface area contributed by atoms with Crippen molar-refractivity contribution in [1.82, 2.24) is 0 Å². The van der Waals surface area contributed by atoms with Gasteiger partial charge in [0.25, 0.3) is 0 Å². The largest absolute Gasteiger partial charge is 0.496 e. The highest BCUT2D eigenvalue weighted by molar-refractivity contribution is 5.75. The summed E-state index contributed by atoms with van der Waals surface area (Å²) in [6.07, 6.45) is -0.0656. The topological polar surface area (TPSA) is 94.5 Å². The molecule has 0 spiro atoms. The van der Waals surface area contributed by atoms with Gasteiger partial charge in [-0.05, 0) is 35.2 Å². The number of aliphatic hydroxyl groups is 1. The fourth-order valence-corrected chi connectivity index (χ4v) is 6.44. The van der Waals surface area contributed by atoms with Crippen LogP contribution < -0.4 is 18.9 Å². The molecule has 204 valence electrons. The Hall–Kier alpha value is -4.49. The zero-order valence-electron chi connectivity index (χ0n) is 22.2. The van der Waals surface area contributed by atoms with Crippen molar-refractivity contribution >= 4 is 5.97 Å². The average Bonchev–Trinajstić information content (AvgIpc) is 3.40. The van der Waals surface area contributed by atoms with Crippen LogP contribution in [0.25, 0.3) is 0 Å². The Balaban J connectivity index is 1.51. The molecule has 0 saturated heterocycles. The molecule has 7 nitrogen and oxygen atoms in total. The quantitative estimate of drug-likeness (QED) is 0.300. The molecule has 4 aromatic rings. The molecule has 4 aromatic carbocycles. The van der Waals surface area contributed by atoms with Crippen molar-refractivity contribution in [2.45, 2.75) is 30.1 Å². The maximum atomic E-state index is 12.7. The summed E-state index contributed by atoms with van der Waals surface area (Å²) in [5.41, 5.74) is -0.317. The minimum Gasteiger partial charge on any atom is -0.496 e. The summed E-state index contributed by atoms with van der Waals surface area (Å²) in [4.78, 5) is 12.7. The van der Waals surface area contributed by atoms with Gasteiger partial charge in [0.15, 0.2) is 5.60 Å². The standard InChI is InChI=1S/C33H30O7/c1-37-25-17-27(38-2)30-28(18-25)40-33(23-13-15-24(16-14-23)39-20-21-9-5-3-6-10-21)29(22-11-7-4-8-12-22)26(31(34)35)19-32(30,33)36/h3-18,26,29,36H,19-20H2,1-2H3,(H,34,35)/t26-,29+,32-,33+/m1/s1. The molecule has 0 radical (unpaired) electrons. The Kier molecular flexibility index (Phi) is 6.39. The van der Waals surface area contributed by atoms with Crippen LogP contribution in [0.3, 0.4) is 0 Å². The van der Waals surface area contributed by atoms with Crippen LogP contribution in [0.15, 0.2) is 97.1 Å². The van der Waals surface area contributed by atoms with Gasteiger partial charge in [-0.2, -0.15) is 0 Å². The number of rotatable bonds is 8. The zero-order chi connectivity index (χ0) is 27.9. The molecule has 1 saturated carbocycles. The zero-order valence-corrected chi connectivity index (χ0v) is 22.2. The summed E-state index contributed by atoms with van der Waals surface area (Å²) in [5, 5.41) is 23.1. The van der Waals surface area contributed by atoms with Crippen molar-refractivity contribution in [2.24, 2.45) is 5.92 Å². The highest BCUT2D eigenvalue weighted by Crippen LogP contribution is 2.70. The maximum Gasteiger partial charge on any atom is 0.307 e. The Morgan fingerprint density at radius 3 is 2.20 bits per heavy atom. The fraction of sp³-hybridized carbons (Fsp3) is 0.242. The van der Waals surface area contributed by atoms with Gasteiger partial charge in [-0.15, -0.1) is 0 Å². The van der Waals surface area contributed by atoms with Gasteiger partial charge in [0.05, 0.1) is 25.7 Å². The van der Waals surface area contributed by atoms with Crippen LogP contribution in [0.5, 0.6) is 23.0 Å². The number of carboxylic acid groups (broad SMARTS) is 1. The predicted molar refractivity (Wildman–Crippen MR) is 148 cm³/mol. The van der Waals surface area contributed by atoms with Gasteiger partial charge in [-0.1, -0.05) is 72.8 Å². The minimum atomic E-state index is -1.71. The van der Waals surface area contributed by atoms with E-state index in [1.165, 1.54) is 7.11 Å². The SMILES string of the molecule is COc1cc(OC)c2c(c1)O[C@@]1(c3ccc(OCc4ccccc4)cc3)[C@@H](c3ccccc3)[C@H](C(=O)O)C[C@@]21O. The van der Waals surface area contributed by atoms with Gasteiger partial charge >= 0.3 is 5.97 Å². The van der Waals surface area contributed by atoms with E-state index in [-0.39, 0.29) is 6.42 Å². The van der Waals surface area contributed by atoms with E-state index < -0.39 is 29.0 Å². The lowest BCUT2D eigenvalue weighted by atomic mass is 9.71. The smallest absolute Gasteiger partial charge is 0.307 e. The Labute approximate surface area is 232 Å². The lowest BCUT2D eigenvalue weighted by molar-refractivity contribution is -0.142. The van der Waals surface area contributed by atoms with Gasteiger partial charge in [0.1, 0.15) is 35.2 Å². The van der Waals surface area contributed by atoms with Crippen molar-refractivity contribution in [1.29, 1.82) is 0 Å². The average molecular weight is 539 g/mol. The van der Waals surface area contributed by atoms with E-state index in [4.69, 9.17) is 18.9 Å².